The molecule has 0 aliphatic rings. The smallest absolute Gasteiger partial charge is 0.151 e. The summed E-state index contributed by atoms with van der Waals surface area (Å²) in [5, 5.41) is 10.4. The fourth-order valence-corrected chi connectivity index (χ4v) is 3.28. The molecule has 5 nitrogen and oxygen atoms in total. The molecule has 4 rings (SSSR count). The van der Waals surface area contributed by atoms with Gasteiger partial charge in [0.1, 0.15) is 18.4 Å². The maximum Gasteiger partial charge on any atom is 0.151 e. The summed E-state index contributed by atoms with van der Waals surface area (Å²) in [7, 11) is 1.90. The normalized spacial score (nSPS) is 11.4. The molecule has 0 saturated carbocycles. The number of aromatic nitrogens is 3. The minimum atomic E-state index is 0.366. The minimum Gasteiger partial charge on any atom is -0.488 e. The van der Waals surface area contributed by atoms with Crippen LogP contribution < -0.4 is 4.74 Å². The number of para-hydroxylation sites is 2. The van der Waals surface area contributed by atoms with Crippen molar-refractivity contribution in [2.75, 3.05) is 0 Å². The second kappa shape index (κ2) is 8.17. The van der Waals surface area contributed by atoms with Crippen molar-refractivity contribution >= 4 is 34.3 Å². The number of nitriles is 1. The predicted molar refractivity (Wildman–Crippen MR) is 114 cm³/mol. The van der Waals surface area contributed by atoms with E-state index in [1.165, 1.54) is 0 Å². The zero-order valence-corrected chi connectivity index (χ0v) is 16.5. The topological polar surface area (TPSA) is 63.7 Å². The van der Waals surface area contributed by atoms with E-state index < -0.39 is 0 Å². The number of hydrogen-bond acceptors (Lipinski definition) is 4. The van der Waals surface area contributed by atoms with Crippen LogP contribution in [-0.2, 0) is 13.7 Å². The molecule has 142 valence electrons. The number of pyridine rings is 1. The average molecular weight is 401 g/mol. The van der Waals surface area contributed by atoms with Crippen molar-refractivity contribution in [3.05, 3.63) is 89.0 Å². The highest BCUT2D eigenvalue weighted by atomic mass is 35.5. The number of halogens is 1. The van der Waals surface area contributed by atoms with Gasteiger partial charge in [0.05, 0.1) is 16.6 Å². The Hall–Kier alpha value is -3.62. The second-order valence-electron chi connectivity index (χ2n) is 6.49. The summed E-state index contributed by atoms with van der Waals surface area (Å²) in [6.45, 7) is 0.366. The van der Waals surface area contributed by atoms with Crippen molar-refractivity contribution in [1.82, 2.24) is 14.5 Å². The lowest BCUT2D eigenvalue weighted by Crippen LogP contribution is -1.99. The third-order valence-electron chi connectivity index (χ3n) is 4.54. The third kappa shape index (κ3) is 3.98. The molecule has 0 saturated heterocycles. The van der Waals surface area contributed by atoms with Gasteiger partial charge in [0.25, 0.3) is 0 Å². The molecular weight excluding hydrogens is 384 g/mol. The molecule has 0 amide bonds. The van der Waals surface area contributed by atoms with E-state index in [4.69, 9.17) is 16.3 Å². The molecule has 4 aromatic rings. The lowest BCUT2D eigenvalue weighted by Gasteiger charge is -2.10. The van der Waals surface area contributed by atoms with Gasteiger partial charge in [0, 0.05) is 35.6 Å². The van der Waals surface area contributed by atoms with E-state index in [-0.39, 0.29) is 0 Å². The highest BCUT2D eigenvalue weighted by Crippen LogP contribution is 2.29. The van der Waals surface area contributed by atoms with Crippen molar-refractivity contribution in [3.8, 4) is 11.8 Å². The van der Waals surface area contributed by atoms with Crippen molar-refractivity contribution in [2.24, 2.45) is 7.05 Å². The van der Waals surface area contributed by atoms with Gasteiger partial charge in [-0.15, -0.1) is 0 Å². The highest BCUT2D eigenvalue weighted by molar-refractivity contribution is 6.30. The molecule has 0 unspecified atom stereocenters. The van der Waals surface area contributed by atoms with E-state index in [1.54, 1.807) is 36.7 Å². The summed E-state index contributed by atoms with van der Waals surface area (Å²) in [4.78, 5) is 8.71. The zero-order valence-electron chi connectivity index (χ0n) is 15.7. The molecule has 6 heteroatoms. The maximum atomic E-state index is 9.80. The molecule has 0 N–H and O–H groups in total. The van der Waals surface area contributed by atoms with Gasteiger partial charge in [-0.3, -0.25) is 4.98 Å². The number of rotatable bonds is 5. The summed E-state index contributed by atoms with van der Waals surface area (Å²) in [5.41, 5.74) is 3.89. The Balaban J connectivity index is 1.72. The number of allylic oxidation sites excluding steroid dienone is 1. The number of nitrogens with zero attached hydrogens (tertiary/aromatic N) is 4. The van der Waals surface area contributed by atoms with E-state index in [0.29, 0.717) is 34.3 Å². The number of imidazole rings is 1. The van der Waals surface area contributed by atoms with Crippen LogP contribution in [0, 0.1) is 11.3 Å². The number of hydrogen-bond donors (Lipinski definition) is 0. The number of ether oxygens (including phenoxy) is 1. The van der Waals surface area contributed by atoms with Gasteiger partial charge in [-0.1, -0.05) is 29.8 Å². The first-order valence-electron chi connectivity index (χ1n) is 9.00. The van der Waals surface area contributed by atoms with Crippen molar-refractivity contribution < 1.29 is 4.74 Å². The van der Waals surface area contributed by atoms with Gasteiger partial charge >= 0.3 is 0 Å². The monoisotopic (exact) mass is 400 g/mol. The first-order chi connectivity index (χ1) is 14.2. The van der Waals surface area contributed by atoms with Crippen LogP contribution >= 0.6 is 11.6 Å². The highest BCUT2D eigenvalue weighted by Gasteiger charge is 2.13. The van der Waals surface area contributed by atoms with Crippen LogP contribution in [0.2, 0.25) is 5.02 Å². The van der Waals surface area contributed by atoms with E-state index >= 15 is 0 Å². The first-order valence-corrected chi connectivity index (χ1v) is 9.38. The first kappa shape index (κ1) is 18.7. The average Bonchev–Trinajstić information content (AvgIpc) is 3.09. The van der Waals surface area contributed by atoms with Gasteiger partial charge < -0.3 is 9.30 Å². The molecule has 0 aliphatic heterocycles. The van der Waals surface area contributed by atoms with E-state index in [1.807, 2.05) is 48.0 Å². The summed E-state index contributed by atoms with van der Waals surface area (Å²) in [5.74, 6) is 1.22. The fraction of sp³-hybridized carbons (Fsp3) is 0.0870. The van der Waals surface area contributed by atoms with Crippen LogP contribution in [0.15, 0.2) is 67.0 Å². The Morgan fingerprint density at radius 2 is 2.07 bits per heavy atom. The van der Waals surface area contributed by atoms with Gasteiger partial charge in [-0.05, 0) is 42.5 Å². The molecule has 0 fully saturated rings. The molecule has 0 radical (unpaired) electrons. The molecule has 2 aromatic carbocycles. The molecule has 0 atom stereocenters. The minimum absolute atomic E-state index is 0.366. The van der Waals surface area contributed by atoms with Crippen LogP contribution in [-0.4, -0.2) is 14.5 Å². The summed E-state index contributed by atoms with van der Waals surface area (Å²) < 4.78 is 7.88. The quantitative estimate of drug-likeness (QED) is 0.428. The van der Waals surface area contributed by atoms with Crippen molar-refractivity contribution in [2.45, 2.75) is 6.61 Å². The van der Waals surface area contributed by atoms with Crippen LogP contribution in [0.1, 0.15) is 17.0 Å². The number of fused-ring (bicyclic) bond motifs is 1. The van der Waals surface area contributed by atoms with Crippen LogP contribution in [0.4, 0.5) is 0 Å². The molecule has 0 aliphatic carbocycles. The molecule has 2 heterocycles. The van der Waals surface area contributed by atoms with Crippen LogP contribution in [0.25, 0.3) is 22.7 Å². The fourth-order valence-electron chi connectivity index (χ4n) is 3.10. The Kier molecular flexibility index (Phi) is 5.28. The Labute approximate surface area is 173 Å². The largest absolute Gasteiger partial charge is 0.488 e. The molecule has 0 bridgehead atoms. The number of aryl methyl sites for hydroxylation is 1. The van der Waals surface area contributed by atoms with Crippen LogP contribution in [0.3, 0.4) is 0 Å². The van der Waals surface area contributed by atoms with E-state index in [9.17, 15) is 5.26 Å². The molecule has 29 heavy (non-hydrogen) atoms. The van der Waals surface area contributed by atoms with E-state index in [0.717, 1.165) is 16.6 Å². The standard InChI is InChI=1S/C23H17ClN4O/c1-28-21-7-3-2-6-20(21)27-23(28)18(13-25)11-17-12-19(24)8-9-22(17)29-15-16-5-4-10-26-14-16/h2-12,14H,15H2,1H3. The lowest BCUT2D eigenvalue weighted by atomic mass is 10.1. The van der Waals surface area contributed by atoms with Crippen molar-refractivity contribution in [3.63, 3.8) is 0 Å². The lowest BCUT2D eigenvalue weighted by molar-refractivity contribution is 0.305. The Morgan fingerprint density at radius 3 is 2.83 bits per heavy atom. The maximum absolute atomic E-state index is 9.80. The summed E-state index contributed by atoms with van der Waals surface area (Å²) in [6.07, 6.45) is 5.23. The van der Waals surface area contributed by atoms with Crippen LogP contribution in [0.5, 0.6) is 5.75 Å². The van der Waals surface area contributed by atoms with Gasteiger partial charge in [0.15, 0.2) is 5.82 Å². The third-order valence-corrected chi connectivity index (χ3v) is 4.77. The molecule has 0 spiro atoms. The van der Waals surface area contributed by atoms with E-state index in [2.05, 4.69) is 16.0 Å². The predicted octanol–water partition coefficient (Wildman–Crippen LogP) is 5.26. The summed E-state index contributed by atoms with van der Waals surface area (Å²) in [6, 6.07) is 19.2. The zero-order chi connectivity index (χ0) is 20.2. The molecule has 2 aromatic heterocycles. The van der Waals surface area contributed by atoms with Crippen molar-refractivity contribution in [1.29, 1.82) is 5.26 Å². The van der Waals surface area contributed by atoms with Gasteiger partial charge in [-0.2, -0.15) is 5.26 Å². The number of benzene rings is 2. The van der Waals surface area contributed by atoms with Gasteiger partial charge in [-0.25, -0.2) is 4.98 Å². The second-order valence-corrected chi connectivity index (χ2v) is 6.92. The molecular formula is C23H17ClN4O. The Morgan fingerprint density at radius 1 is 1.21 bits per heavy atom. The van der Waals surface area contributed by atoms with Gasteiger partial charge in [0.2, 0.25) is 0 Å². The Bertz CT molecular complexity index is 1240. The summed E-state index contributed by atoms with van der Waals surface area (Å²) >= 11 is 6.20. The SMILES string of the molecule is Cn1c(C(C#N)=Cc2cc(Cl)ccc2OCc2cccnc2)nc2ccccc21.